The molecule has 10 heteroatoms. The zero-order valence-corrected chi connectivity index (χ0v) is 12.8. The van der Waals surface area contributed by atoms with Gasteiger partial charge in [0, 0.05) is 20.1 Å². The molecule has 0 fully saturated rings. The molecular formula is C13H15F3N6O. The second kappa shape index (κ2) is 5.07. The van der Waals surface area contributed by atoms with Crippen LogP contribution in [0.2, 0.25) is 0 Å². The summed E-state index contributed by atoms with van der Waals surface area (Å²) in [5.41, 5.74) is 1.08. The van der Waals surface area contributed by atoms with E-state index < -0.39 is 18.0 Å². The van der Waals surface area contributed by atoms with Crippen LogP contribution in [0.4, 0.5) is 13.2 Å². The molecule has 3 rings (SSSR count). The molecule has 1 unspecified atom stereocenters. The number of aryl methyl sites for hydroxylation is 2. The van der Waals surface area contributed by atoms with E-state index in [1.54, 1.807) is 27.0 Å². The molecule has 0 saturated heterocycles. The quantitative estimate of drug-likeness (QED) is 0.796. The van der Waals surface area contributed by atoms with Gasteiger partial charge in [0.1, 0.15) is 5.69 Å². The topological polar surface area (TPSA) is 68.8 Å². The molecule has 0 saturated carbocycles. The Hall–Kier alpha value is -2.39. The van der Waals surface area contributed by atoms with Gasteiger partial charge in [-0.05, 0) is 19.9 Å². The van der Waals surface area contributed by atoms with Crippen LogP contribution in [0.3, 0.4) is 0 Å². The van der Waals surface area contributed by atoms with Gasteiger partial charge in [0.25, 0.3) is 5.91 Å². The third kappa shape index (κ3) is 2.47. The summed E-state index contributed by atoms with van der Waals surface area (Å²) in [5.74, 6) is -1.18. The largest absolute Gasteiger partial charge is 0.451 e. The Morgan fingerprint density at radius 2 is 2.00 bits per heavy atom. The van der Waals surface area contributed by atoms with Gasteiger partial charge in [-0.2, -0.15) is 18.3 Å². The fraction of sp³-hybridized carbons (Fsp3) is 0.538. The molecule has 0 spiro atoms. The molecule has 3 heterocycles. The summed E-state index contributed by atoms with van der Waals surface area (Å²) in [4.78, 5) is 14.1. The maximum absolute atomic E-state index is 12.9. The molecule has 0 radical (unpaired) electrons. The number of alkyl halides is 3. The Labute approximate surface area is 129 Å². The molecule has 0 N–H and O–H groups in total. The predicted molar refractivity (Wildman–Crippen MR) is 72.4 cm³/mol. The van der Waals surface area contributed by atoms with Gasteiger partial charge in [-0.1, -0.05) is 0 Å². The van der Waals surface area contributed by atoms with Gasteiger partial charge in [0.05, 0.1) is 11.7 Å². The van der Waals surface area contributed by atoms with E-state index in [1.807, 2.05) is 0 Å². The van der Waals surface area contributed by atoms with E-state index in [-0.39, 0.29) is 24.8 Å². The fourth-order valence-electron chi connectivity index (χ4n) is 2.83. The molecule has 2 aromatic heterocycles. The predicted octanol–water partition coefficient (Wildman–Crippen LogP) is 1.56. The summed E-state index contributed by atoms with van der Waals surface area (Å²) in [5, 5.41) is 11.0. The first-order valence-electron chi connectivity index (χ1n) is 7.02. The molecule has 0 bridgehead atoms. The van der Waals surface area contributed by atoms with Crippen LogP contribution in [-0.4, -0.2) is 41.9 Å². The summed E-state index contributed by atoms with van der Waals surface area (Å²) >= 11 is 0. The van der Waals surface area contributed by atoms with Crippen molar-refractivity contribution >= 4 is 5.91 Å². The zero-order valence-electron chi connectivity index (χ0n) is 12.8. The van der Waals surface area contributed by atoms with Gasteiger partial charge < -0.3 is 9.47 Å². The van der Waals surface area contributed by atoms with Gasteiger partial charge >= 0.3 is 6.18 Å². The van der Waals surface area contributed by atoms with Crippen molar-refractivity contribution in [2.45, 2.75) is 32.6 Å². The number of halogens is 3. The third-order valence-corrected chi connectivity index (χ3v) is 3.92. The van der Waals surface area contributed by atoms with Crippen molar-refractivity contribution in [2.24, 2.45) is 7.05 Å². The van der Waals surface area contributed by atoms with Gasteiger partial charge in [-0.25, -0.2) is 0 Å². The Morgan fingerprint density at radius 1 is 1.30 bits per heavy atom. The van der Waals surface area contributed by atoms with Crippen molar-refractivity contribution in [3.8, 4) is 0 Å². The number of hydrogen-bond acceptors (Lipinski definition) is 4. The highest BCUT2D eigenvalue weighted by Gasteiger charge is 2.42. The van der Waals surface area contributed by atoms with E-state index in [0.29, 0.717) is 11.4 Å². The first-order valence-corrected chi connectivity index (χ1v) is 7.02. The molecule has 0 aromatic carbocycles. The highest BCUT2D eigenvalue weighted by molar-refractivity contribution is 5.93. The second-order valence-corrected chi connectivity index (χ2v) is 5.50. The number of fused-ring (bicyclic) bond motifs is 1. The van der Waals surface area contributed by atoms with Gasteiger partial charge in [-0.15, -0.1) is 10.2 Å². The number of nitrogens with zero attached hydrogens (tertiary/aromatic N) is 6. The Balaban J connectivity index is 1.93. The monoisotopic (exact) mass is 328 g/mol. The zero-order chi connectivity index (χ0) is 16.9. The minimum atomic E-state index is -4.56. The molecule has 1 aliphatic heterocycles. The number of rotatable bonds is 1. The number of carbonyl (C=O) groups is 1. The molecule has 124 valence electrons. The molecule has 2 aromatic rings. The lowest BCUT2D eigenvalue weighted by Gasteiger charge is -2.33. The lowest BCUT2D eigenvalue weighted by Crippen LogP contribution is -2.42. The summed E-state index contributed by atoms with van der Waals surface area (Å²) < 4.78 is 41.2. The maximum atomic E-state index is 12.9. The Morgan fingerprint density at radius 3 is 2.57 bits per heavy atom. The first-order chi connectivity index (χ1) is 10.7. The molecule has 0 aliphatic carbocycles. The smallest absolute Gasteiger partial charge is 0.326 e. The summed E-state index contributed by atoms with van der Waals surface area (Å²) in [6.07, 6.45) is -4.56. The maximum Gasteiger partial charge on any atom is 0.451 e. The van der Waals surface area contributed by atoms with Crippen molar-refractivity contribution < 1.29 is 18.0 Å². The summed E-state index contributed by atoms with van der Waals surface area (Å²) in [7, 11) is 1.65. The van der Waals surface area contributed by atoms with E-state index in [0.717, 1.165) is 4.57 Å². The van der Waals surface area contributed by atoms with Gasteiger partial charge in [-0.3, -0.25) is 9.48 Å². The minimum absolute atomic E-state index is 0.00406. The van der Waals surface area contributed by atoms with E-state index in [1.165, 1.54) is 9.58 Å². The van der Waals surface area contributed by atoms with E-state index in [4.69, 9.17) is 0 Å². The molecule has 1 aliphatic rings. The number of aromatic nitrogens is 5. The van der Waals surface area contributed by atoms with Crippen molar-refractivity contribution in [3.63, 3.8) is 0 Å². The SMILES string of the molecule is Cc1cc(C(=O)N2CCn3c(nnc3C(F)(F)F)C2C)n(C)n1. The molecule has 1 atom stereocenters. The summed E-state index contributed by atoms with van der Waals surface area (Å²) in [6, 6.07) is 1.05. The van der Waals surface area contributed by atoms with Crippen molar-refractivity contribution in [1.82, 2.24) is 29.4 Å². The van der Waals surface area contributed by atoms with Crippen LogP contribution >= 0.6 is 0 Å². The lowest BCUT2D eigenvalue weighted by molar-refractivity contribution is -0.148. The van der Waals surface area contributed by atoms with Crippen molar-refractivity contribution in [1.29, 1.82) is 0 Å². The van der Waals surface area contributed by atoms with Crippen LogP contribution in [0.15, 0.2) is 6.07 Å². The Bertz CT molecular complexity index is 762. The molecule has 23 heavy (non-hydrogen) atoms. The van der Waals surface area contributed by atoms with Crippen LogP contribution in [0.1, 0.15) is 40.8 Å². The van der Waals surface area contributed by atoms with Crippen molar-refractivity contribution in [3.05, 3.63) is 29.1 Å². The number of carbonyl (C=O) groups excluding carboxylic acids is 1. The van der Waals surface area contributed by atoms with Crippen LogP contribution in [0, 0.1) is 6.92 Å². The van der Waals surface area contributed by atoms with Crippen LogP contribution < -0.4 is 0 Å². The third-order valence-electron chi connectivity index (χ3n) is 3.92. The number of amides is 1. The van der Waals surface area contributed by atoms with Crippen LogP contribution in [0.5, 0.6) is 0 Å². The second-order valence-electron chi connectivity index (χ2n) is 5.50. The van der Waals surface area contributed by atoms with Crippen molar-refractivity contribution in [2.75, 3.05) is 6.54 Å². The summed E-state index contributed by atoms with van der Waals surface area (Å²) in [6.45, 7) is 3.56. The number of hydrogen-bond donors (Lipinski definition) is 0. The van der Waals surface area contributed by atoms with Crippen LogP contribution in [0.25, 0.3) is 0 Å². The molecule has 1 amide bonds. The first kappa shape index (κ1) is 15.5. The standard InChI is InChI=1S/C13H15F3N6O/c1-7-6-9(20(3)19-7)11(23)21-4-5-22-10(8(21)2)17-18-12(22)13(14,15)16/h6,8H,4-5H2,1-3H3. The average Bonchev–Trinajstić information content (AvgIpc) is 3.01. The fourth-order valence-corrected chi connectivity index (χ4v) is 2.83. The lowest BCUT2D eigenvalue weighted by atomic mass is 10.2. The molecule has 7 nitrogen and oxygen atoms in total. The van der Waals surface area contributed by atoms with Gasteiger partial charge in [0.2, 0.25) is 5.82 Å². The van der Waals surface area contributed by atoms with E-state index >= 15 is 0 Å². The van der Waals surface area contributed by atoms with Gasteiger partial charge in [0.15, 0.2) is 5.82 Å². The van der Waals surface area contributed by atoms with E-state index in [2.05, 4.69) is 15.3 Å². The Kier molecular flexibility index (Phi) is 3.42. The normalized spacial score (nSPS) is 18.2. The average molecular weight is 328 g/mol. The van der Waals surface area contributed by atoms with E-state index in [9.17, 15) is 18.0 Å². The highest BCUT2D eigenvalue weighted by atomic mass is 19.4. The molecular weight excluding hydrogens is 313 g/mol. The minimum Gasteiger partial charge on any atom is -0.326 e. The highest BCUT2D eigenvalue weighted by Crippen LogP contribution is 2.33. The van der Waals surface area contributed by atoms with Crippen LogP contribution in [-0.2, 0) is 19.8 Å².